The van der Waals surface area contributed by atoms with E-state index in [0.717, 1.165) is 0 Å². The molecule has 0 aromatic heterocycles. The van der Waals surface area contributed by atoms with Gasteiger partial charge in [-0.15, -0.1) is 0 Å². The van der Waals surface area contributed by atoms with Gasteiger partial charge in [0, 0.05) is 0 Å². The van der Waals surface area contributed by atoms with Gasteiger partial charge in [0.05, 0.1) is 5.02 Å². The summed E-state index contributed by atoms with van der Waals surface area (Å²) in [7, 11) is 0. The van der Waals surface area contributed by atoms with Gasteiger partial charge in [0.15, 0.2) is 0 Å². The lowest BCUT2D eigenvalue weighted by Gasteiger charge is -1.95. The van der Waals surface area contributed by atoms with Crippen molar-refractivity contribution in [2.45, 2.75) is 13.8 Å². The van der Waals surface area contributed by atoms with Crippen LogP contribution in [0.3, 0.4) is 0 Å². The van der Waals surface area contributed by atoms with Crippen LogP contribution in [-0.2, 0) is 0 Å². The first-order chi connectivity index (χ1) is 5.22. The minimum Gasteiger partial charge on any atom is -0.506 e. The minimum absolute atomic E-state index is 0.0177. The molecule has 1 aromatic rings. The predicted octanol–water partition coefficient (Wildman–Crippen LogP) is 3.73. The molecule has 0 aliphatic rings. The third-order valence-electron chi connectivity index (χ3n) is 0.931. The van der Waals surface area contributed by atoms with Crippen LogP contribution in [0.2, 0.25) is 10.0 Å². The molecule has 0 bridgehead atoms. The summed E-state index contributed by atoms with van der Waals surface area (Å²) in [5.74, 6) is 0.0177. The van der Waals surface area contributed by atoms with Gasteiger partial charge in [0.1, 0.15) is 10.8 Å². The van der Waals surface area contributed by atoms with Crippen LogP contribution < -0.4 is 0 Å². The zero-order valence-corrected chi connectivity index (χ0v) is 7.95. The van der Waals surface area contributed by atoms with Gasteiger partial charge in [-0.3, -0.25) is 0 Å². The fraction of sp³-hybridized carbons (Fsp3) is 0.250. The fourth-order valence-corrected chi connectivity index (χ4v) is 0.788. The second-order valence-electron chi connectivity index (χ2n) is 1.57. The number of hydrogen-bond acceptors (Lipinski definition) is 1. The van der Waals surface area contributed by atoms with Crippen LogP contribution in [0.15, 0.2) is 18.2 Å². The van der Waals surface area contributed by atoms with Crippen LogP contribution in [0.4, 0.5) is 0 Å². The van der Waals surface area contributed by atoms with Crippen molar-refractivity contribution in [1.29, 1.82) is 0 Å². The SMILES string of the molecule is CC.Oc1cccc(Cl)c1Cl. The quantitative estimate of drug-likeness (QED) is 0.665. The Morgan fingerprint density at radius 2 is 1.73 bits per heavy atom. The van der Waals surface area contributed by atoms with Gasteiger partial charge in [-0.2, -0.15) is 0 Å². The fourth-order valence-electron chi connectivity index (χ4n) is 0.492. The van der Waals surface area contributed by atoms with E-state index in [4.69, 9.17) is 28.3 Å². The van der Waals surface area contributed by atoms with Gasteiger partial charge < -0.3 is 5.11 Å². The highest BCUT2D eigenvalue weighted by molar-refractivity contribution is 6.42. The number of aromatic hydroxyl groups is 1. The monoisotopic (exact) mass is 192 g/mol. The van der Waals surface area contributed by atoms with Gasteiger partial charge in [0.2, 0.25) is 0 Å². The second kappa shape index (κ2) is 5.28. The van der Waals surface area contributed by atoms with Crippen molar-refractivity contribution in [3.8, 4) is 5.75 Å². The summed E-state index contributed by atoms with van der Waals surface area (Å²) in [6.45, 7) is 4.00. The molecule has 0 spiro atoms. The molecule has 3 heteroatoms. The van der Waals surface area contributed by atoms with Gasteiger partial charge >= 0.3 is 0 Å². The van der Waals surface area contributed by atoms with Crippen LogP contribution in [0.1, 0.15) is 13.8 Å². The molecular weight excluding hydrogens is 183 g/mol. The predicted molar refractivity (Wildman–Crippen MR) is 49.5 cm³/mol. The van der Waals surface area contributed by atoms with Crippen molar-refractivity contribution >= 4 is 23.2 Å². The van der Waals surface area contributed by atoms with E-state index in [9.17, 15) is 0 Å². The molecule has 0 saturated carbocycles. The van der Waals surface area contributed by atoms with Crippen LogP contribution in [0.5, 0.6) is 5.75 Å². The van der Waals surface area contributed by atoms with Gasteiger partial charge in [-0.1, -0.05) is 43.1 Å². The molecule has 0 radical (unpaired) electrons. The Morgan fingerprint density at radius 1 is 1.18 bits per heavy atom. The minimum atomic E-state index is 0.0177. The zero-order chi connectivity index (χ0) is 8.85. The van der Waals surface area contributed by atoms with E-state index >= 15 is 0 Å². The Balaban J connectivity index is 0.000000461. The first-order valence-electron chi connectivity index (χ1n) is 3.35. The maximum atomic E-state index is 8.88. The molecule has 0 aliphatic carbocycles. The third kappa shape index (κ3) is 3.00. The maximum Gasteiger partial charge on any atom is 0.135 e. The summed E-state index contributed by atoms with van der Waals surface area (Å²) >= 11 is 11.0. The Labute approximate surface area is 76.6 Å². The van der Waals surface area contributed by atoms with E-state index < -0.39 is 0 Å². The molecular formula is C8H10Cl2O. The maximum absolute atomic E-state index is 8.88. The summed E-state index contributed by atoms with van der Waals surface area (Å²) in [5.41, 5.74) is 0. The Morgan fingerprint density at radius 3 is 2.09 bits per heavy atom. The lowest BCUT2D eigenvalue weighted by molar-refractivity contribution is 0.475. The summed E-state index contributed by atoms with van der Waals surface area (Å²) in [5, 5.41) is 9.46. The summed E-state index contributed by atoms with van der Waals surface area (Å²) in [6.07, 6.45) is 0. The molecule has 0 amide bonds. The number of benzene rings is 1. The number of hydrogen-bond donors (Lipinski definition) is 1. The van der Waals surface area contributed by atoms with Gasteiger partial charge in [-0.25, -0.2) is 0 Å². The van der Waals surface area contributed by atoms with Crippen molar-refractivity contribution in [2.24, 2.45) is 0 Å². The van der Waals surface area contributed by atoms with E-state index in [2.05, 4.69) is 0 Å². The van der Waals surface area contributed by atoms with Crippen molar-refractivity contribution < 1.29 is 5.11 Å². The molecule has 11 heavy (non-hydrogen) atoms. The van der Waals surface area contributed by atoms with Crippen molar-refractivity contribution in [3.05, 3.63) is 28.2 Å². The highest BCUT2D eigenvalue weighted by Gasteiger charge is 1.99. The molecule has 0 saturated heterocycles. The van der Waals surface area contributed by atoms with Gasteiger partial charge in [0.25, 0.3) is 0 Å². The van der Waals surface area contributed by atoms with Crippen molar-refractivity contribution in [3.63, 3.8) is 0 Å². The van der Waals surface area contributed by atoms with Crippen molar-refractivity contribution in [2.75, 3.05) is 0 Å². The normalized spacial score (nSPS) is 8.36. The average molecular weight is 193 g/mol. The molecule has 1 aromatic carbocycles. The number of halogens is 2. The van der Waals surface area contributed by atoms with Crippen LogP contribution in [0.25, 0.3) is 0 Å². The first kappa shape index (κ1) is 10.6. The second-order valence-corrected chi connectivity index (χ2v) is 2.36. The lowest BCUT2D eigenvalue weighted by Crippen LogP contribution is -1.67. The topological polar surface area (TPSA) is 20.2 Å². The smallest absolute Gasteiger partial charge is 0.135 e. The highest BCUT2D eigenvalue weighted by atomic mass is 35.5. The van der Waals surface area contributed by atoms with Crippen LogP contribution in [0, 0.1) is 0 Å². The zero-order valence-electron chi connectivity index (χ0n) is 6.44. The Hall–Kier alpha value is -0.400. The Bertz CT molecular complexity index is 203. The molecule has 1 N–H and O–H groups in total. The average Bonchev–Trinajstić information content (AvgIpc) is 2.04. The van der Waals surface area contributed by atoms with E-state index in [1.54, 1.807) is 12.1 Å². The van der Waals surface area contributed by atoms with Gasteiger partial charge in [-0.05, 0) is 12.1 Å². The lowest BCUT2D eigenvalue weighted by atomic mass is 10.3. The molecule has 62 valence electrons. The number of phenolic OH excluding ortho intramolecular Hbond substituents is 1. The van der Waals surface area contributed by atoms with Crippen molar-refractivity contribution in [1.82, 2.24) is 0 Å². The molecule has 0 unspecified atom stereocenters. The largest absolute Gasteiger partial charge is 0.506 e. The molecule has 1 nitrogen and oxygen atoms in total. The third-order valence-corrected chi connectivity index (χ3v) is 1.74. The molecule has 0 aliphatic heterocycles. The summed E-state index contributed by atoms with van der Waals surface area (Å²) in [6, 6.07) is 4.72. The molecule has 1 rings (SSSR count). The van der Waals surface area contributed by atoms with E-state index in [1.165, 1.54) is 6.07 Å². The number of rotatable bonds is 0. The molecule has 0 heterocycles. The standard InChI is InChI=1S/C6H4Cl2O.C2H6/c7-4-2-1-3-5(9)6(4)8;1-2/h1-3,9H;1-2H3. The summed E-state index contributed by atoms with van der Waals surface area (Å²) < 4.78 is 0. The highest BCUT2D eigenvalue weighted by Crippen LogP contribution is 2.29. The Kier molecular flexibility index (Phi) is 5.08. The number of phenols is 1. The molecule has 0 fully saturated rings. The van der Waals surface area contributed by atoms with E-state index in [1.807, 2.05) is 13.8 Å². The first-order valence-corrected chi connectivity index (χ1v) is 4.10. The van der Waals surface area contributed by atoms with Crippen LogP contribution >= 0.6 is 23.2 Å². The van der Waals surface area contributed by atoms with Crippen LogP contribution in [-0.4, -0.2) is 5.11 Å². The van der Waals surface area contributed by atoms with E-state index in [0.29, 0.717) is 5.02 Å². The molecule has 0 atom stereocenters. The summed E-state index contributed by atoms with van der Waals surface area (Å²) in [4.78, 5) is 0. The van der Waals surface area contributed by atoms with E-state index in [-0.39, 0.29) is 10.8 Å².